The van der Waals surface area contributed by atoms with Crippen molar-refractivity contribution in [3.05, 3.63) is 65.4 Å². The van der Waals surface area contributed by atoms with Crippen LogP contribution >= 0.6 is 0 Å². The maximum Gasteiger partial charge on any atom is 0.318 e. The Morgan fingerprint density at radius 2 is 2.00 bits per heavy atom. The molecule has 0 spiro atoms. The summed E-state index contributed by atoms with van der Waals surface area (Å²) in [6, 6.07) is 15.7. The third-order valence-electron chi connectivity index (χ3n) is 4.93. The molecule has 0 saturated carbocycles. The molecule has 26 heavy (non-hydrogen) atoms. The van der Waals surface area contributed by atoms with Gasteiger partial charge in [0.25, 0.3) is 0 Å². The quantitative estimate of drug-likeness (QED) is 0.767. The van der Waals surface area contributed by atoms with Gasteiger partial charge < -0.3 is 19.4 Å². The number of ether oxygens (including phenoxy) is 1. The third kappa shape index (κ3) is 3.01. The molecule has 1 aliphatic heterocycles. The second-order valence-corrected chi connectivity index (χ2v) is 6.64. The molecule has 1 aromatic heterocycles. The normalized spacial score (nSPS) is 14.8. The van der Waals surface area contributed by atoms with Crippen LogP contribution in [0.25, 0.3) is 11.0 Å². The van der Waals surface area contributed by atoms with Crippen molar-refractivity contribution in [2.24, 2.45) is 0 Å². The molecule has 5 heteroatoms. The Morgan fingerprint density at radius 1 is 1.19 bits per heavy atom. The average molecular weight is 350 g/mol. The molecule has 0 radical (unpaired) electrons. The van der Waals surface area contributed by atoms with E-state index in [0.717, 1.165) is 24.1 Å². The lowest BCUT2D eigenvalue weighted by molar-refractivity contribution is 0.187. The lowest BCUT2D eigenvalue weighted by Crippen LogP contribution is -2.43. The zero-order valence-corrected chi connectivity index (χ0v) is 15.0. The van der Waals surface area contributed by atoms with Gasteiger partial charge in [0.05, 0.1) is 13.2 Å². The number of rotatable bonds is 3. The highest BCUT2D eigenvalue weighted by Crippen LogP contribution is 2.31. The van der Waals surface area contributed by atoms with Gasteiger partial charge in [-0.15, -0.1) is 0 Å². The molecule has 0 fully saturated rings. The Balaban J connectivity index is 1.48. The standard InChI is InChI=1S/C21H22N2O3/c1-14(19-12-16-8-5-9-18(25-2)20(16)26-19)22-21(24)23-11-10-15-6-3-4-7-17(15)13-23/h3-9,12,14H,10-11,13H2,1-2H3,(H,22,24). The third-order valence-corrected chi connectivity index (χ3v) is 4.93. The average Bonchev–Trinajstić information content (AvgIpc) is 3.12. The highest BCUT2D eigenvalue weighted by atomic mass is 16.5. The molecule has 2 aromatic carbocycles. The molecule has 2 amide bonds. The number of hydrogen-bond donors (Lipinski definition) is 1. The van der Waals surface area contributed by atoms with Crippen molar-refractivity contribution in [1.29, 1.82) is 0 Å². The molecular formula is C21H22N2O3. The number of furan rings is 1. The van der Waals surface area contributed by atoms with Crippen LogP contribution in [0.1, 0.15) is 29.9 Å². The molecule has 1 unspecified atom stereocenters. The minimum Gasteiger partial charge on any atom is -0.493 e. The summed E-state index contributed by atoms with van der Waals surface area (Å²) in [5.74, 6) is 1.41. The number of fused-ring (bicyclic) bond motifs is 2. The highest BCUT2D eigenvalue weighted by molar-refractivity contribution is 5.84. The van der Waals surface area contributed by atoms with Crippen molar-refractivity contribution in [2.45, 2.75) is 25.9 Å². The van der Waals surface area contributed by atoms with Gasteiger partial charge in [0.1, 0.15) is 5.76 Å². The van der Waals surface area contributed by atoms with E-state index >= 15 is 0 Å². The fraction of sp³-hybridized carbons (Fsp3) is 0.286. The van der Waals surface area contributed by atoms with Crippen LogP contribution in [0.5, 0.6) is 5.75 Å². The van der Waals surface area contributed by atoms with Gasteiger partial charge in [0.15, 0.2) is 11.3 Å². The van der Waals surface area contributed by atoms with Gasteiger partial charge in [-0.25, -0.2) is 4.79 Å². The molecule has 0 saturated heterocycles. The first-order valence-corrected chi connectivity index (χ1v) is 8.84. The Bertz CT molecular complexity index is 947. The first-order valence-electron chi connectivity index (χ1n) is 8.84. The predicted octanol–water partition coefficient (Wildman–Crippen LogP) is 4.27. The van der Waals surface area contributed by atoms with Gasteiger partial charge in [-0.3, -0.25) is 0 Å². The van der Waals surface area contributed by atoms with Crippen molar-refractivity contribution in [3.63, 3.8) is 0 Å². The van der Waals surface area contributed by atoms with Crippen molar-refractivity contribution < 1.29 is 13.9 Å². The Kier molecular flexibility index (Phi) is 4.29. The van der Waals surface area contributed by atoms with Gasteiger partial charge in [-0.1, -0.05) is 36.4 Å². The minimum atomic E-state index is -0.225. The second kappa shape index (κ2) is 6.75. The number of nitrogens with one attached hydrogen (secondary N) is 1. The Morgan fingerprint density at radius 3 is 2.81 bits per heavy atom. The minimum absolute atomic E-state index is 0.0700. The van der Waals surface area contributed by atoms with Crippen molar-refractivity contribution >= 4 is 17.0 Å². The van der Waals surface area contributed by atoms with Crippen LogP contribution in [0.2, 0.25) is 0 Å². The number of hydrogen-bond acceptors (Lipinski definition) is 3. The molecular weight excluding hydrogens is 328 g/mol. The van der Waals surface area contributed by atoms with Crippen LogP contribution in [0, 0.1) is 0 Å². The van der Waals surface area contributed by atoms with E-state index in [-0.39, 0.29) is 12.1 Å². The zero-order chi connectivity index (χ0) is 18.1. The molecule has 0 bridgehead atoms. The highest BCUT2D eigenvalue weighted by Gasteiger charge is 2.23. The maximum atomic E-state index is 12.7. The molecule has 1 atom stereocenters. The van der Waals surface area contributed by atoms with Gasteiger partial charge in [-0.05, 0) is 36.6 Å². The fourth-order valence-electron chi connectivity index (χ4n) is 3.45. The van der Waals surface area contributed by atoms with Crippen LogP contribution in [0.3, 0.4) is 0 Å². The number of para-hydroxylation sites is 1. The summed E-state index contributed by atoms with van der Waals surface area (Å²) in [5.41, 5.74) is 3.25. The maximum absolute atomic E-state index is 12.7. The van der Waals surface area contributed by atoms with Crippen molar-refractivity contribution in [2.75, 3.05) is 13.7 Å². The van der Waals surface area contributed by atoms with E-state index in [2.05, 4.69) is 17.4 Å². The summed E-state index contributed by atoms with van der Waals surface area (Å²) in [4.78, 5) is 14.5. The predicted molar refractivity (Wildman–Crippen MR) is 100 cm³/mol. The summed E-state index contributed by atoms with van der Waals surface area (Å²) in [5, 5.41) is 4.01. The number of carbonyl (C=O) groups excluding carboxylic acids is 1. The van der Waals surface area contributed by atoms with Crippen LogP contribution in [0.4, 0.5) is 4.79 Å². The van der Waals surface area contributed by atoms with E-state index in [1.807, 2.05) is 48.2 Å². The summed E-state index contributed by atoms with van der Waals surface area (Å²) < 4.78 is 11.3. The number of methoxy groups -OCH3 is 1. The topological polar surface area (TPSA) is 54.7 Å². The smallest absolute Gasteiger partial charge is 0.318 e. The van der Waals surface area contributed by atoms with Crippen molar-refractivity contribution in [1.82, 2.24) is 10.2 Å². The molecule has 2 heterocycles. The lowest BCUT2D eigenvalue weighted by atomic mass is 10.0. The molecule has 134 valence electrons. The largest absolute Gasteiger partial charge is 0.493 e. The molecule has 3 aromatic rings. The number of urea groups is 1. The van der Waals surface area contributed by atoms with E-state index < -0.39 is 0 Å². The van der Waals surface area contributed by atoms with Crippen LogP contribution in [-0.4, -0.2) is 24.6 Å². The molecule has 1 N–H and O–H groups in total. The summed E-state index contributed by atoms with van der Waals surface area (Å²) in [6.45, 7) is 3.30. The van der Waals surface area contributed by atoms with Crippen LogP contribution in [0.15, 0.2) is 52.9 Å². The van der Waals surface area contributed by atoms with Crippen molar-refractivity contribution in [3.8, 4) is 5.75 Å². The number of benzene rings is 2. The van der Waals surface area contributed by atoms with E-state index in [1.165, 1.54) is 11.1 Å². The van der Waals surface area contributed by atoms with Gasteiger partial charge in [0.2, 0.25) is 0 Å². The summed E-state index contributed by atoms with van der Waals surface area (Å²) >= 11 is 0. The fourth-order valence-corrected chi connectivity index (χ4v) is 3.45. The number of carbonyl (C=O) groups is 1. The zero-order valence-electron chi connectivity index (χ0n) is 15.0. The van der Waals surface area contributed by atoms with E-state index in [4.69, 9.17) is 9.15 Å². The molecule has 4 rings (SSSR count). The second-order valence-electron chi connectivity index (χ2n) is 6.64. The molecule has 1 aliphatic rings. The first-order chi connectivity index (χ1) is 12.7. The molecule has 0 aliphatic carbocycles. The first kappa shape index (κ1) is 16.5. The van der Waals surface area contributed by atoms with Gasteiger partial charge in [0, 0.05) is 18.5 Å². The summed E-state index contributed by atoms with van der Waals surface area (Å²) in [7, 11) is 1.62. The number of nitrogens with zero attached hydrogens (tertiary/aromatic N) is 1. The van der Waals surface area contributed by atoms with Gasteiger partial charge >= 0.3 is 6.03 Å². The van der Waals surface area contributed by atoms with E-state index in [1.54, 1.807) is 7.11 Å². The van der Waals surface area contributed by atoms with Crippen LogP contribution < -0.4 is 10.1 Å². The Labute approximate surface area is 152 Å². The summed E-state index contributed by atoms with van der Waals surface area (Å²) in [6.07, 6.45) is 0.889. The lowest BCUT2D eigenvalue weighted by Gasteiger charge is -2.29. The van der Waals surface area contributed by atoms with E-state index in [9.17, 15) is 4.79 Å². The molecule has 5 nitrogen and oxygen atoms in total. The Hall–Kier alpha value is -2.95. The number of amides is 2. The SMILES string of the molecule is COc1cccc2cc(C(C)NC(=O)N3CCc4ccccc4C3)oc12. The van der Waals surface area contributed by atoms with E-state index in [0.29, 0.717) is 17.9 Å². The monoisotopic (exact) mass is 350 g/mol. The van der Waals surface area contributed by atoms with Gasteiger partial charge in [-0.2, -0.15) is 0 Å². The van der Waals surface area contributed by atoms with Crippen LogP contribution in [-0.2, 0) is 13.0 Å².